The Balaban J connectivity index is 1.62. The standard InChI is InChI=1S/C13H16N2O2/c16-13(10-4-2-1-3-5-10)17-15-8-11-6-7-12(9-15)14-11/h1-5,11-12,14H,6-9H2. The highest BCUT2D eigenvalue weighted by atomic mass is 16.7. The Kier molecular flexibility index (Phi) is 2.82. The number of nitrogens with zero attached hydrogens (tertiary/aromatic N) is 1. The van der Waals surface area contributed by atoms with Crippen molar-refractivity contribution >= 4 is 5.97 Å². The predicted molar refractivity (Wildman–Crippen MR) is 63.4 cm³/mol. The van der Waals surface area contributed by atoms with Gasteiger partial charge in [-0.05, 0) is 25.0 Å². The third-order valence-electron chi connectivity index (χ3n) is 3.40. The highest BCUT2D eigenvalue weighted by Gasteiger charge is 2.34. The number of nitrogens with one attached hydrogen (secondary N) is 1. The molecular weight excluding hydrogens is 216 g/mol. The van der Waals surface area contributed by atoms with Crippen molar-refractivity contribution < 1.29 is 9.63 Å². The van der Waals surface area contributed by atoms with E-state index in [1.165, 1.54) is 12.8 Å². The third kappa shape index (κ3) is 2.33. The highest BCUT2D eigenvalue weighted by molar-refractivity contribution is 5.89. The van der Waals surface area contributed by atoms with Gasteiger partial charge in [0.1, 0.15) is 0 Å². The fourth-order valence-corrected chi connectivity index (χ4v) is 2.58. The molecule has 2 aliphatic rings. The maximum atomic E-state index is 11.9. The molecule has 2 unspecified atom stereocenters. The van der Waals surface area contributed by atoms with Gasteiger partial charge < -0.3 is 10.2 Å². The maximum absolute atomic E-state index is 11.9. The van der Waals surface area contributed by atoms with Crippen molar-refractivity contribution in [1.29, 1.82) is 0 Å². The molecule has 3 rings (SSSR count). The smallest absolute Gasteiger partial charge is 0.357 e. The summed E-state index contributed by atoms with van der Waals surface area (Å²) in [5.74, 6) is -0.257. The molecule has 0 saturated carbocycles. The molecule has 1 aromatic carbocycles. The second kappa shape index (κ2) is 4.47. The molecular formula is C13H16N2O2. The van der Waals surface area contributed by atoms with Gasteiger partial charge in [0.25, 0.3) is 0 Å². The Bertz CT molecular complexity index is 395. The number of rotatable bonds is 2. The summed E-state index contributed by atoms with van der Waals surface area (Å²) >= 11 is 0. The Morgan fingerprint density at radius 1 is 1.18 bits per heavy atom. The van der Waals surface area contributed by atoms with Crippen molar-refractivity contribution in [1.82, 2.24) is 10.4 Å². The summed E-state index contributed by atoms with van der Waals surface area (Å²) in [6.45, 7) is 1.60. The molecule has 4 nitrogen and oxygen atoms in total. The van der Waals surface area contributed by atoms with Gasteiger partial charge >= 0.3 is 5.97 Å². The van der Waals surface area contributed by atoms with E-state index in [4.69, 9.17) is 4.84 Å². The van der Waals surface area contributed by atoms with Crippen molar-refractivity contribution in [2.75, 3.05) is 13.1 Å². The van der Waals surface area contributed by atoms with Gasteiger partial charge in [0.2, 0.25) is 0 Å². The summed E-state index contributed by atoms with van der Waals surface area (Å²) < 4.78 is 0. The minimum absolute atomic E-state index is 0.257. The van der Waals surface area contributed by atoms with Crippen LogP contribution in [0.5, 0.6) is 0 Å². The van der Waals surface area contributed by atoms with Crippen LogP contribution in [-0.2, 0) is 4.84 Å². The molecule has 0 amide bonds. The van der Waals surface area contributed by atoms with Gasteiger partial charge in [-0.3, -0.25) is 0 Å². The Morgan fingerprint density at radius 2 is 1.82 bits per heavy atom. The number of carbonyl (C=O) groups is 1. The average molecular weight is 232 g/mol. The zero-order valence-corrected chi connectivity index (χ0v) is 9.63. The summed E-state index contributed by atoms with van der Waals surface area (Å²) in [6, 6.07) is 10.1. The lowest BCUT2D eigenvalue weighted by Crippen LogP contribution is -2.51. The fraction of sp³-hybridized carbons (Fsp3) is 0.462. The minimum atomic E-state index is -0.257. The first kappa shape index (κ1) is 10.7. The SMILES string of the molecule is O=C(ON1CC2CCC(C1)N2)c1ccccc1. The van der Waals surface area contributed by atoms with Crippen molar-refractivity contribution in [2.24, 2.45) is 0 Å². The van der Waals surface area contributed by atoms with Crippen molar-refractivity contribution in [2.45, 2.75) is 24.9 Å². The maximum Gasteiger partial charge on any atom is 0.357 e. The summed E-state index contributed by atoms with van der Waals surface area (Å²) in [6.07, 6.45) is 2.37. The number of fused-ring (bicyclic) bond motifs is 2. The molecule has 2 atom stereocenters. The molecule has 0 spiro atoms. The third-order valence-corrected chi connectivity index (χ3v) is 3.40. The average Bonchev–Trinajstić information content (AvgIpc) is 2.70. The van der Waals surface area contributed by atoms with E-state index in [2.05, 4.69) is 5.32 Å². The van der Waals surface area contributed by atoms with Gasteiger partial charge in [-0.1, -0.05) is 18.2 Å². The zero-order chi connectivity index (χ0) is 11.7. The largest absolute Gasteiger partial charge is 0.364 e. The van der Waals surface area contributed by atoms with Crippen molar-refractivity contribution in [3.63, 3.8) is 0 Å². The van der Waals surface area contributed by atoms with Gasteiger partial charge in [0.05, 0.1) is 18.7 Å². The Morgan fingerprint density at radius 3 is 2.47 bits per heavy atom. The quantitative estimate of drug-likeness (QED) is 0.831. The van der Waals surface area contributed by atoms with Crippen LogP contribution >= 0.6 is 0 Å². The minimum Gasteiger partial charge on any atom is -0.364 e. The molecule has 17 heavy (non-hydrogen) atoms. The molecule has 90 valence electrons. The van der Waals surface area contributed by atoms with Crippen LogP contribution in [-0.4, -0.2) is 36.2 Å². The van der Waals surface area contributed by atoms with Gasteiger partial charge in [0.15, 0.2) is 0 Å². The molecule has 1 N–H and O–H groups in total. The van der Waals surface area contributed by atoms with E-state index in [0.717, 1.165) is 13.1 Å². The van der Waals surface area contributed by atoms with Crippen LogP contribution in [0, 0.1) is 0 Å². The second-order valence-electron chi connectivity index (χ2n) is 4.73. The molecule has 0 radical (unpaired) electrons. The predicted octanol–water partition coefficient (Wildman–Crippen LogP) is 1.19. The summed E-state index contributed by atoms with van der Waals surface area (Å²) in [5.41, 5.74) is 0.610. The van der Waals surface area contributed by atoms with Crippen LogP contribution in [0.15, 0.2) is 30.3 Å². The molecule has 4 heteroatoms. The number of hydrogen-bond donors (Lipinski definition) is 1. The lowest BCUT2D eigenvalue weighted by molar-refractivity contribution is -0.124. The van der Waals surface area contributed by atoms with Gasteiger partial charge in [-0.25, -0.2) is 4.79 Å². The lowest BCUT2D eigenvalue weighted by Gasteiger charge is -2.30. The first-order valence-electron chi connectivity index (χ1n) is 6.09. The molecule has 2 saturated heterocycles. The topological polar surface area (TPSA) is 41.6 Å². The lowest BCUT2D eigenvalue weighted by atomic mass is 10.2. The van der Waals surface area contributed by atoms with Crippen LogP contribution in [0.25, 0.3) is 0 Å². The fourth-order valence-electron chi connectivity index (χ4n) is 2.58. The van der Waals surface area contributed by atoms with Gasteiger partial charge in [-0.15, -0.1) is 5.06 Å². The van der Waals surface area contributed by atoms with Gasteiger partial charge in [0, 0.05) is 12.1 Å². The van der Waals surface area contributed by atoms with Crippen LogP contribution in [0.3, 0.4) is 0 Å². The van der Waals surface area contributed by atoms with E-state index in [9.17, 15) is 4.79 Å². The van der Waals surface area contributed by atoms with E-state index >= 15 is 0 Å². The molecule has 0 aliphatic carbocycles. The van der Waals surface area contributed by atoms with E-state index in [1.54, 1.807) is 17.2 Å². The summed E-state index contributed by atoms with van der Waals surface area (Å²) in [5, 5.41) is 5.30. The molecule has 2 heterocycles. The van der Waals surface area contributed by atoms with Crippen LogP contribution in [0.2, 0.25) is 0 Å². The molecule has 2 fully saturated rings. The van der Waals surface area contributed by atoms with Crippen LogP contribution < -0.4 is 5.32 Å². The number of hydrogen-bond acceptors (Lipinski definition) is 4. The Labute approximate surface area is 101 Å². The van der Waals surface area contributed by atoms with E-state index in [0.29, 0.717) is 17.6 Å². The number of benzene rings is 1. The van der Waals surface area contributed by atoms with Crippen LogP contribution in [0.4, 0.5) is 0 Å². The number of hydroxylamine groups is 2. The Hall–Kier alpha value is -1.39. The molecule has 1 aromatic rings. The van der Waals surface area contributed by atoms with Crippen LogP contribution in [0.1, 0.15) is 23.2 Å². The number of carbonyl (C=O) groups excluding carboxylic acids is 1. The molecule has 2 bridgehead atoms. The first-order chi connectivity index (χ1) is 8.31. The van der Waals surface area contributed by atoms with Crippen molar-refractivity contribution in [3.8, 4) is 0 Å². The summed E-state index contributed by atoms with van der Waals surface area (Å²) in [4.78, 5) is 17.3. The van der Waals surface area contributed by atoms with Gasteiger partial charge in [-0.2, -0.15) is 0 Å². The normalized spacial score (nSPS) is 28.0. The first-order valence-corrected chi connectivity index (χ1v) is 6.09. The second-order valence-corrected chi connectivity index (χ2v) is 4.73. The molecule has 2 aliphatic heterocycles. The van der Waals surface area contributed by atoms with E-state index in [1.807, 2.05) is 18.2 Å². The van der Waals surface area contributed by atoms with E-state index < -0.39 is 0 Å². The number of piperazine rings is 1. The highest BCUT2D eigenvalue weighted by Crippen LogP contribution is 2.20. The van der Waals surface area contributed by atoms with E-state index in [-0.39, 0.29) is 5.97 Å². The summed E-state index contributed by atoms with van der Waals surface area (Å²) in [7, 11) is 0. The molecule has 0 aromatic heterocycles. The monoisotopic (exact) mass is 232 g/mol. The zero-order valence-electron chi connectivity index (χ0n) is 9.63. The van der Waals surface area contributed by atoms with Crippen molar-refractivity contribution in [3.05, 3.63) is 35.9 Å².